The number of hydrogen-bond acceptors (Lipinski definition) is 3. The summed E-state index contributed by atoms with van der Waals surface area (Å²) in [4.78, 5) is 17.3. The van der Waals surface area contributed by atoms with Crippen molar-refractivity contribution in [2.24, 2.45) is 0 Å². The third kappa shape index (κ3) is 2.28. The van der Waals surface area contributed by atoms with Crippen LogP contribution in [-0.4, -0.2) is 10.8 Å². The van der Waals surface area contributed by atoms with E-state index in [1.807, 2.05) is 24.3 Å². The fourth-order valence-electron chi connectivity index (χ4n) is 4.06. The SMILES string of the molecule is O=C1CCC2=C1C(c1ccc(Cl)cc1Cl)c1c(ccc3cccnc13)N2. The smallest absolute Gasteiger partial charge is 0.161 e. The highest BCUT2D eigenvalue weighted by atomic mass is 35.5. The van der Waals surface area contributed by atoms with Gasteiger partial charge in [-0.2, -0.15) is 0 Å². The van der Waals surface area contributed by atoms with Crippen molar-refractivity contribution < 1.29 is 4.79 Å². The number of fused-ring (bicyclic) bond motifs is 3. The van der Waals surface area contributed by atoms with E-state index in [0.717, 1.165) is 45.4 Å². The summed E-state index contributed by atoms with van der Waals surface area (Å²) in [5.74, 6) is -0.0679. The first-order valence-electron chi connectivity index (χ1n) is 8.49. The number of ketones is 1. The Morgan fingerprint density at radius 1 is 1.08 bits per heavy atom. The van der Waals surface area contributed by atoms with Gasteiger partial charge >= 0.3 is 0 Å². The Morgan fingerprint density at radius 2 is 1.96 bits per heavy atom. The molecule has 0 amide bonds. The number of carbonyl (C=O) groups excluding carboxylic acids is 1. The quantitative estimate of drug-likeness (QED) is 0.587. The van der Waals surface area contributed by atoms with Crippen molar-refractivity contribution in [3.05, 3.63) is 81.1 Å². The number of nitrogens with zero attached hydrogens (tertiary/aromatic N) is 1. The number of rotatable bonds is 1. The summed E-state index contributed by atoms with van der Waals surface area (Å²) < 4.78 is 0. The van der Waals surface area contributed by atoms with Gasteiger partial charge in [0.1, 0.15) is 0 Å². The lowest BCUT2D eigenvalue weighted by molar-refractivity contribution is -0.115. The van der Waals surface area contributed by atoms with E-state index >= 15 is 0 Å². The first-order chi connectivity index (χ1) is 12.6. The largest absolute Gasteiger partial charge is 0.358 e. The highest BCUT2D eigenvalue weighted by molar-refractivity contribution is 6.35. The number of halogens is 2. The first kappa shape index (κ1) is 15.9. The molecule has 0 bridgehead atoms. The topological polar surface area (TPSA) is 42.0 Å². The van der Waals surface area contributed by atoms with Gasteiger partial charge in [-0.15, -0.1) is 0 Å². The Kier molecular flexibility index (Phi) is 3.56. The van der Waals surface area contributed by atoms with Gasteiger partial charge in [-0.25, -0.2) is 0 Å². The summed E-state index contributed by atoms with van der Waals surface area (Å²) in [5.41, 5.74) is 5.56. The van der Waals surface area contributed by atoms with Gasteiger partial charge in [0.15, 0.2) is 5.78 Å². The molecule has 0 radical (unpaired) electrons. The average Bonchev–Trinajstić information content (AvgIpc) is 3.01. The molecule has 128 valence electrons. The molecule has 5 rings (SSSR count). The van der Waals surface area contributed by atoms with Crippen LogP contribution in [0.4, 0.5) is 5.69 Å². The van der Waals surface area contributed by atoms with Crippen molar-refractivity contribution in [1.29, 1.82) is 0 Å². The van der Waals surface area contributed by atoms with Crippen LogP contribution in [0, 0.1) is 0 Å². The summed E-state index contributed by atoms with van der Waals surface area (Å²) in [7, 11) is 0. The van der Waals surface area contributed by atoms with Crippen molar-refractivity contribution in [3.63, 3.8) is 0 Å². The number of anilines is 1. The van der Waals surface area contributed by atoms with Gasteiger partial charge in [-0.05, 0) is 36.2 Å². The highest BCUT2D eigenvalue weighted by Crippen LogP contribution is 2.49. The van der Waals surface area contributed by atoms with Crippen LogP contribution in [0.25, 0.3) is 10.9 Å². The fraction of sp³-hybridized carbons (Fsp3) is 0.143. The van der Waals surface area contributed by atoms with Crippen LogP contribution in [0.2, 0.25) is 10.0 Å². The van der Waals surface area contributed by atoms with Crippen molar-refractivity contribution in [2.45, 2.75) is 18.8 Å². The molecule has 0 spiro atoms. The Hall–Kier alpha value is -2.36. The molecule has 1 unspecified atom stereocenters. The van der Waals surface area contributed by atoms with Crippen molar-refractivity contribution in [2.75, 3.05) is 5.32 Å². The summed E-state index contributed by atoms with van der Waals surface area (Å²) in [6.45, 7) is 0. The summed E-state index contributed by atoms with van der Waals surface area (Å²) in [5, 5.41) is 5.65. The number of benzene rings is 2. The number of Topliss-reactive ketones (excluding diaryl/α,β-unsaturated/α-hetero) is 1. The number of hydrogen-bond donors (Lipinski definition) is 1. The molecule has 5 heteroatoms. The summed E-state index contributed by atoms with van der Waals surface area (Å²) in [6, 6.07) is 13.5. The lowest BCUT2D eigenvalue weighted by atomic mass is 9.79. The van der Waals surface area contributed by atoms with Gasteiger partial charge in [0.05, 0.1) is 5.52 Å². The Morgan fingerprint density at radius 3 is 2.81 bits per heavy atom. The van der Waals surface area contributed by atoms with E-state index in [1.54, 1.807) is 12.3 Å². The molecular weight excluding hydrogens is 367 g/mol. The number of pyridine rings is 1. The monoisotopic (exact) mass is 380 g/mol. The molecule has 1 aromatic heterocycles. The maximum Gasteiger partial charge on any atom is 0.161 e. The number of allylic oxidation sites excluding steroid dienone is 2. The molecule has 3 aromatic rings. The zero-order chi connectivity index (χ0) is 17.8. The molecule has 1 N–H and O–H groups in total. The standard InChI is InChI=1S/C21H14Cl2N2O/c22-12-4-5-13(14(23)10-12)18-19-15(7-8-17(19)26)25-16-6-3-11-2-1-9-24-21(11)20(16)18/h1-6,9-10,18,25H,7-8H2. The first-order valence-corrected chi connectivity index (χ1v) is 9.25. The van der Waals surface area contributed by atoms with E-state index in [4.69, 9.17) is 23.2 Å². The minimum absolute atomic E-state index is 0.169. The Labute approximate surface area is 160 Å². The molecule has 0 saturated carbocycles. The highest BCUT2D eigenvalue weighted by Gasteiger charge is 2.38. The molecule has 2 heterocycles. The second-order valence-corrected chi connectivity index (χ2v) is 7.48. The summed E-state index contributed by atoms with van der Waals surface area (Å²) in [6.07, 6.45) is 3.04. The fourth-order valence-corrected chi connectivity index (χ4v) is 4.58. The van der Waals surface area contributed by atoms with Gasteiger partial charge in [0, 0.05) is 56.5 Å². The van der Waals surface area contributed by atoms with Crippen LogP contribution in [0.1, 0.15) is 29.9 Å². The third-order valence-corrected chi connectivity index (χ3v) is 5.74. The van der Waals surface area contributed by atoms with Crippen molar-refractivity contribution in [1.82, 2.24) is 4.98 Å². The zero-order valence-electron chi connectivity index (χ0n) is 13.7. The van der Waals surface area contributed by atoms with E-state index in [2.05, 4.69) is 22.4 Å². The predicted molar refractivity (Wildman–Crippen MR) is 105 cm³/mol. The lowest BCUT2D eigenvalue weighted by Crippen LogP contribution is -2.20. The molecule has 0 saturated heterocycles. The Balaban J connectivity index is 1.86. The van der Waals surface area contributed by atoms with Crippen molar-refractivity contribution in [3.8, 4) is 0 Å². The average molecular weight is 381 g/mol. The Bertz CT molecular complexity index is 1120. The van der Waals surface area contributed by atoms with Crippen LogP contribution in [0.3, 0.4) is 0 Å². The molecule has 1 atom stereocenters. The van der Waals surface area contributed by atoms with Crippen LogP contribution in [0.5, 0.6) is 0 Å². The van der Waals surface area contributed by atoms with E-state index in [-0.39, 0.29) is 11.7 Å². The van der Waals surface area contributed by atoms with E-state index < -0.39 is 0 Å². The molecule has 2 aliphatic rings. The van der Waals surface area contributed by atoms with E-state index in [0.29, 0.717) is 16.5 Å². The van der Waals surface area contributed by atoms with Crippen LogP contribution in [0.15, 0.2) is 59.9 Å². The van der Waals surface area contributed by atoms with Gasteiger partial charge < -0.3 is 5.32 Å². The van der Waals surface area contributed by atoms with Gasteiger partial charge in [-0.3, -0.25) is 9.78 Å². The lowest BCUT2D eigenvalue weighted by Gasteiger charge is -2.30. The predicted octanol–water partition coefficient (Wildman–Crippen LogP) is 5.72. The summed E-state index contributed by atoms with van der Waals surface area (Å²) >= 11 is 12.7. The molecule has 1 aliphatic heterocycles. The third-order valence-electron chi connectivity index (χ3n) is 5.18. The second kappa shape index (κ2) is 5.83. The minimum atomic E-state index is -0.236. The molecule has 3 nitrogen and oxygen atoms in total. The molecule has 1 aliphatic carbocycles. The normalized spacial score (nSPS) is 18.7. The molecular formula is C21H14Cl2N2O. The van der Waals surface area contributed by atoms with E-state index in [1.165, 1.54) is 0 Å². The van der Waals surface area contributed by atoms with Gasteiger partial charge in [0.25, 0.3) is 0 Å². The van der Waals surface area contributed by atoms with Gasteiger partial charge in [0.2, 0.25) is 0 Å². The molecule has 0 fully saturated rings. The van der Waals surface area contributed by atoms with Crippen molar-refractivity contribution >= 4 is 45.6 Å². The van der Waals surface area contributed by atoms with Gasteiger partial charge in [-0.1, -0.05) is 41.4 Å². The number of aromatic nitrogens is 1. The minimum Gasteiger partial charge on any atom is -0.358 e. The number of carbonyl (C=O) groups is 1. The maximum absolute atomic E-state index is 12.7. The van der Waals surface area contributed by atoms with Crippen LogP contribution < -0.4 is 5.32 Å². The van der Waals surface area contributed by atoms with Crippen LogP contribution in [-0.2, 0) is 4.79 Å². The molecule has 26 heavy (non-hydrogen) atoms. The zero-order valence-corrected chi connectivity index (χ0v) is 15.2. The van der Waals surface area contributed by atoms with E-state index in [9.17, 15) is 4.79 Å². The maximum atomic E-state index is 12.7. The molecule has 2 aromatic carbocycles. The van der Waals surface area contributed by atoms with Crippen LogP contribution >= 0.6 is 23.2 Å². The number of nitrogens with one attached hydrogen (secondary N) is 1. The second-order valence-electron chi connectivity index (χ2n) is 6.64.